The number of rotatable bonds is 8. The van der Waals surface area contributed by atoms with Gasteiger partial charge in [-0.05, 0) is 31.2 Å². The minimum absolute atomic E-state index is 0.214. The number of benzene rings is 1. The Kier molecular flexibility index (Phi) is 6.74. The second-order valence-corrected chi connectivity index (χ2v) is 4.18. The van der Waals surface area contributed by atoms with Crippen LogP contribution < -0.4 is 10.6 Å². The minimum Gasteiger partial charge on any atom is -0.466 e. The third-order valence-corrected chi connectivity index (χ3v) is 2.66. The molecule has 0 aliphatic carbocycles. The van der Waals surface area contributed by atoms with E-state index in [0.29, 0.717) is 26.2 Å². The summed E-state index contributed by atoms with van der Waals surface area (Å²) in [5, 5.41) is 0. The van der Waals surface area contributed by atoms with Gasteiger partial charge in [0, 0.05) is 25.0 Å². The second kappa shape index (κ2) is 8.37. The fraction of sp³-hybridized carbons (Fsp3) is 0.500. The second-order valence-electron chi connectivity index (χ2n) is 4.18. The first-order valence-electron chi connectivity index (χ1n) is 6.43. The first kappa shape index (κ1) is 15.3. The molecule has 1 rings (SSSR count). The van der Waals surface area contributed by atoms with Crippen LogP contribution in [0.2, 0.25) is 0 Å². The number of hydrogen-bond donors (Lipinski definition) is 1. The molecule has 0 aromatic heterocycles. The molecule has 1 aromatic carbocycles. The molecule has 0 aliphatic heterocycles. The molecule has 0 bridgehead atoms. The van der Waals surface area contributed by atoms with Crippen LogP contribution in [-0.2, 0) is 14.3 Å². The highest BCUT2D eigenvalue weighted by Gasteiger charge is 2.03. The van der Waals surface area contributed by atoms with Crippen molar-refractivity contribution in [1.82, 2.24) is 0 Å². The molecular formula is C14H22N2O3. The number of nitrogens with zero attached hydrogens (tertiary/aromatic N) is 1. The zero-order chi connectivity index (χ0) is 14.1. The van der Waals surface area contributed by atoms with Crippen molar-refractivity contribution in [3.05, 3.63) is 24.3 Å². The van der Waals surface area contributed by atoms with E-state index in [9.17, 15) is 4.79 Å². The fourth-order valence-corrected chi connectivity index (χ4v) is 1.55. The summed E-state index contributed by atoms with van der Waals surface area (Å²) in [4.78, 5) is 13.1. The molecule has 0 aliphatic rings. The average molecular weight is 266 g/mol. The number of nitrogen functional groups attached to an aromatic ring is 1. The molecule has 0 heterocycles. The maximum atomic E-state index is 11.1. The van der Waals surface area contributed by atoms with E-state index in [1.807, 2.05) is 31.3 Å². The van der Waals surface area contributed by atoms with Gasteiger partial charge in [0.25, 0.3) is 0 Å². The first-order chi connectivity index (χ1) is 9.13. The van der Waals surface area contributed by atoms with E-state index in [-0.39, 0.29) is 5.97 Å². The van der Waals surface area contributed by atoms with Crippen LogP contribution in [0, 0.1) is 0 Å². The molecule has 5 heteroatoms. The lowest BCUT2D eigenvalue weighted by atomic mass is 10.2. The van der Waals surface area contributed by atoms with Crippen LogP contribution in [0.4, 0.5) is 11.4 Å². The molecule has 0 radical (unpaired) electrons. The molecule has 106 valence electrons. The van der Waals surface area contributed by atoms with Crippen molar-refractivity contribution in [2.45, 2.75) is 13.3 Å². The maximum Gasteiger partial charge on any atom is 0.308 e. The predicted octanol–water partition coefficient (Wildman–Crippen LogP) is 1.67. The topological polar surface area (TPSA) is 64.8 Å². The summed E-state index contributed by atoms with van der Waals surface area (Å²) in [6.45, 7) is 3.93. The number of esters is 1. The molecule has 2 N–H and O–H groups in total. The highest BCUT2D eigenvalue weighted by atomic mass is 16.5. The van der Waals surface area contributed by atoms with E-state index < -0.39 is 0 Å². The number of hydrogen-bond acceptors (Lipinski definition) is 5. The first-order valence-corrected chi connectivity index (χ1v) is 6.43. The summed E-state index contributed by atoms with van der Waals surface area (Å²) >= 11 is 0. The van der Waals surface area contributed by atoms with Crippen molar-refractivity contribution in [2.24, 2.45) is 0 Å². The van der Waals surface area contributed by atoms with Crippen molar-refractivity contribution in [1.29, 1.82) is 0 Å². The summed E-state index contributed by atoms with van der Waals surface area (Å²) in [6.07, 6.45) is 0.305. The number of nitrogens with two attached hydrogens (primary N) is 1. The molecule has 0 saturated heterocycles. The Hall–Kier alpha value is -1.75. The van der Waals surface area contributed by atoms with Crippen LogP contribution in [0.15, 0.2) is 24.3 Å². The van der Waals surface area contributed by atoms with Gasteiger partial charge in [0.2, 0.25) is 0 Å². The zero-order valence-electron chi connectivity index (χ0n) is 11.6. The van der Waals surface area contributed by atoms with E-state index in [0.717, 1.165) is 17.9 Å². The van der Waals surface area contributed by atoms with Gasteiger partial charge < -0.3 is 20.1 Å². The molecule has 0 spiro atoms. The number of likely N-dealkylation sites (N-methyl/N-ethyl adjacent to an activating group) is 1. The van der Waals surface area contributed by atoms with E-state index >= 15 is 0 Å². The number of carbonyl (C=O) groups excluding carboxylic acids is 1. The third kappa shape index (κ3) is 6.10. The molecule has 0 saturated carbocycles. The van der Waals surface area contributed by atoms with E-state index in [2.05, 4.69) is 4.90 Å². The Morgan fingerprint density at radius 3 is 2.58 bits per heavy atom. The average Bonchev–Trinajstić information content (AvgIpc) is 2.39. The lowest BCUT2D eigenvalue weighted by molar-refractivity contribution is -0.144. The highest BCUT2D eigenvalue weighted by molar-refractivity contribution is 5.69. The molecule has 0 unspecified atom stereocenters. The molecule has 5 nitrogen and oxygen atoms in total. The van der Waals surface area contributed by atoms with Gasteiger partial charge in [0.1, 0.15) is 0 Å². The number of ether oxygens (including phenoxy) is 2. The quantitative estimate of drug-likeness (QED) is 0.440. The van der Waals surface area contributed by atoms with Gasteiger partial charge in [0.05, 0.1) is 26.2 Å². The van der Waals surface area contributed by atoms with Crippen LogP contribution in [0.3, 0.4) is 0 Å². The highest BCUT2D eigenvalue weighted by Crippen LogP contribution is 2.14. The third-order valence-electron chi connectivity index (χ3n) is 2.66. The summed E-state index contributed by atoms with van der Waals surface area (Å²) in [5.74, 6) is -0.214. The molecule has 1 aromatic rings. The van der Waals surface area contributed by atoms with Gasteiger partial charge in [-0.15, -0.1) is 0 Å². The lowest BCUT2D eigenvalue weighted by Crippen LogP contribution is -2.23. The minimum atomic E-state index is -0.214. The molecular weight excluding hydrogens is 244 g/mol. The molecule has 19 heavy (non-hydrogen) atoms. The van der Waals surface area contributed by atoms with Gasteiger partial charge in [-0.25, -0.2) is 0 Å². The largest absolute Gasteiger partial charge is 0.466 e. The standard InChI is InChI=1S/C14H22N2O3/c1-3-19-14(17)8-10-18-11-9-16(2)13-6-4-12(15)5-7-13/h4-7H,3,8-11,15H2,1-2H3. The normalized spacial score (nSPS) is 10.2. The van der Waals surface area contributed by atoms with Crippen LogP contribution in [-0.4, -0.2) is 39.4 Å². The van der Waals surface area contributed by atoms with Crippen LogP contribution in [0.5, 0.6) is 0 Å². The van der Waals surface area contributed by atoms with Crippen molar-refractivity contribution in [3.8, 4) is 0 Å². The lowest BCUT2D eigenvalue weighted by Gasteiger charge is -2.19. The zero-order valence-corrected chi connectivity index (χ0v) is 11.6. The summed E-state index contributed by atoms with van der Waals surface area (Å²) in [6, 6.07) is 7.67. The Bertz CT molecular complexity index is 379. The summed E-state index contributed by atoms with van der Waals surface area (Å²) in [5.41, 5.74) is 7.47. The van der Waals surface area contributed by atoms with E-state index in [1.54, 1.807) is 6.92 Å². The van der Waals surface area contributed by atoms with Gasteiger partial charge >= 0.3 is 5.97 Å². The van der Waals surface area contributed by atoms with E-state index in [1.165, 1.54) is 0 Å². The van der Waals surface area contributed by atoms with Crippen LogP contribution in [0.1, 0.15) is 13.3 Å². The molecule has 0 amide bonds. The summed E-state index contributed by atoms with van der Waals surface area (Å²) in [7, 11) is 1.99. The van der Waals surface area contributed by atoms with Crippen molar-refractivity contribution in [2.75, 3.05) is 44.0 Å². The van der Waals surface area contributed by atoms with Crippen LogP contribution >= 0.6 is 0 Å². The van der Waals surface area contributed by atoms with Gasteiger partial charge in [-0.1, -0.05) is 0 Å². The maximum absolute atomic E-state index is 11.1. The van der Waals surface area contributed by atoms with Crippen LogP contribution in [0.25, 0.3) is 0 Å². The Labute approximate surface area is 114 Å². The van der Waals surface area contributed by atoms with Gasteiger partial charge in [-0.2, -0.15) is 0 Å². The fourth-order valence-electron chi connectivity index (χ4n) is 1.55. The number of carbonyl (C=O) groups is 1. The van der Waals surface area contributed by atoms with Crippen molar-refractivity contribution >= 4 is 17.3 Å². The Morgan fingerprint density at radius 2 is 1.95 bits per heavy atom. The Morgan fingerprint density at radius 1 is 1.26 bits per heavy atom. The molecule has 0 atom stereocenters. The van der Waals surface area contributed by atoms with E-state index in [4.69, 9.17) is 15.2 Å². The van der Waals surface area contributed by atoms with Crippen molar-refractivity contribution in [3.63, 3.8) is 0 Å². The SMILES string of the molecule is CCOC(=O)CCOCCN(C)c1ccc(N)cc1. The summed E-state index contributed by atoms with van der Waals surface area (Å²) < 4.78 is 10.2. The predicted molar refractivity (Wildman–Crippen MR) is 76.2 cm³/mol. The van der Waals surface area contributed by atoms with Crippen molar-refractivity contribution < 1.29 is 14.3 Å². The smallest absolute Gasteiger partial charge is 0.308 e. The van der Waals surface area contributed by atoms with Gasteiger partial charge in [0.15, 0.2) is 0 Å². The Balaban J connectivity index is 2.15. The molecule has 0 fully saturated rings. The monoisotopic (exact) mass is 266 g/mol. The number of anilines is 2. The van der Waals surface area contributed by atoms with Gasteiger partial charge in [-0.3, -0.25) is 4.79 Å².